The number of aromatic nitrogens is 1. The molecule has 1 fully saturated rings. The molecule has 6 heteroatoms. The van der Waals surface area contributed by atoms with E-state index in [1.807, 2.05) is 17.9 Å². The van der Waals surface area contributed by atoms with E-state index in [4.69, 9.17) is 9.63 Å². The number of anilines is 1. The van der Waals surface area contributed by atoms with Crippen LogP contribution in [0.4, 0.5) is 5.82 Å². The average Bonchev–Trinajstić information content (AvgIpc) is 3.00. The van der Waals surface area contributed by atoms with E-state index in [1.54, 1.807) is 0 Å². The van der Waals surface area contributed by atoms with Gasteiger partial charge < -0.3 is 19.4 Å². The van der Waals surface area contributed by atoms with Crippen LogP contribution in [0.25, 0.3) is 0 Å². The SMILES string of the molecule is Cc1cc(N(CCC(=O)O)CCN2CCCC2)no1. The Balaban J connectivity index is 1.90. The van der Waals surface area contributed by atoms with Crippen LogP contribution in [0.2, 0.25) is 0 Å². The zero-order valence-electron chi connectivity index (χ0n) is 11.3. The van der Waals surface area contributed by atoms with Crippen LogP contribution < -0.4 is 4.90 Å². The van der Waals surface area contributed by atoms with Gasteiger partial charge in [0.1, 0.15) is 5.76 Å². The molecule has 0 saturated carbocycles. The van der Waals surface area contributed by atoms with Gasteiger partial charge in [0.25, 0.3) is 0 Å². The third-order valence-electron chi connectivity index (χ3n) is 3.42. The topological polar surface area (TPSA) is 69.8 Å². The van der Waals surface area contributed by atoms with Crippen molar-refractivity contribution in [3.05, 3.63) is 11.8 Å². The Bertz CT molecular complexity index is 413. The minimum Gasteiger partial charge on any atom is -0.481 e. The summed E-state index contributed by atoms with van der Waals surface area (Å²) in [5, 5.41) is 12.8. The van der Waals surface area contributed by atoms with Crippen LogP contribution in [-0.2, 0) is 4.79 Å². The van der Waals surface area contributed by atoms with Crippen molar-refractivity contribution in [3.8, 4) is 0 Å². The highest BCUT2D eigenvalue weighted by Crippen LogP contribution is 2.15. The molecule has 1 saturated heterocycles. The number of carboxylic acids is 1. The third kappa shape index (κ3) is 4.24. The van der Waals surface area contributed by atoms with Gasteiger partial charge in [-0.25, -0.2) is 0 Å². The van der Waals surface area contributed by atoms with Crippen molar-refractivity contribution in [2.75, 3.05) is 37.6 Å². The Morgan fingerprint density at radius 3 is 2.79 bits per heavy atom. The molecule has 0 atom stereocenters. The minimum atomic E-state index is -0.786. The molecule has 0 amide bonds. The number of likely N-dealkylation sites (tertiary alicyclic amines) is 1. The van der Waals surface area contributed by atoms with Gasteiger partial charge in [-0.15, -0.1) is 0 Å². The minimum absolute atomic E-state index is 0.117. The molecule has 1 N–H and O–H groups in total. The van der Waals surface area contributed by atoms with Crippen LogP contribution in [0.15, 0.2) is 10.6 Å². The van der Waals surface area contributed by atoms with Crippen molar-refractivity contribution in [1.82, 2.24) is 10.1 Å². The highest BCUT2D eigenvalue weighted by molar-refractivity contribution is 5.67. The summed E-state index contributed by atoms with van der Waals surface area (Å²) in [4.78, 5) is 15.1. The summed E-state index contributed by atoms with van der Waals surface area (Å²) in [6.45, 7) is 6.33. The van der Waals surface area contributed by atoms with Crippen LogP contribution in [0.5, 0.6) is 0 Å². The van der Waals surface area contributed by atoms with Gasteiger partial charge in [0.15, 0.2) is 5.82 Å². The van der Waals surface area contributed by atoms with Gasteiger partial charge >= 0.3 is 5.97 Å². The quantitative estimate of drug-likeness (QED) is 0.804. The maximum atomic E-state index is 10.7. The summed E-state index contributed by atoms with van der Waals surface area (Å²) in [5.74, 6) is 0.695. The van der Waals surface area contributed by atoms with E-state index in [-0.39, 0.29) is 6.42 Å². The predicted molar refractivity (Wildman–Crippen MR) is 71.4 cm³/mol. The molecule has 0 radical (unpaired) electrons. The normalized spacial score (nSPS) is 15.8. The molecule has 19 heavy (non-hydrogen) atoms. The van der Waals surface area contributed by atoms with Crippen molar-refractivity contribution < 1.29 is 14.4 Å². The van der Waals surface area contributed by atoms with Gasteiger partial charge in [0.2, 0.25) is 0 Å². The van der Waals surface area contributed by atoms with E-state index in [0.717, 1.165) is 37.8 Å². The molecule has 0 spiro atoms. The lowest BCUT2D eigenvalue weighted by Crippen LogP contribution is -2.35. The summed E-state index contributed by atoms with van der Waals surface area (Å²) >= 11 is 0. The van der Waals surface area contributed by atoms with Crippen molar-refractivity contribution in [1.29, 1.82) is 0 Å². The Kier molecular flexibility index (Phi) is 4.79. The van der Waals surface area contributed by atoms with Crippen LogP contribution in [0.1, 0.15) is 25.0 Å². The van der Waals surface area contributed by atoms with Crippen LogP contribution >= 0.6 is 0 Å². The first-order valence-corrected chi connectivity index (χ1v) is 6.77. The highest BCUT2D eigenvalue weighted by Gasteiger charge is 2.16. The van der Waals surface area contributed by atoms with Gasteiger partial charge in [0.05, 0.1) is 6.42 Å². The number of nitrogens with zero attached hydrogens (tertiary/aromatic N) is 3. The average molecular weight is 267 g/mol. The molecule has 2 rings (SSSR count). The lowest BCUT2D eigenvalue weighted by Gasteiger charge is -2.24. The van der Waals surface area contributed by atoms with Crippen LogP contribution in [-0.4, -0.2) is 53.9 Å². The second-order valence-electron chi connectivity index (χ2n) is 4.98. The van der Waals surface area contributed by atoms with Gasteiger partial charge in [0, 0.05) is 25.7 Å². The van der Waals surface area contributed by atoms with E-state index in [9.17, 15) is 4.79 Å². The number of carboxylic acid groups (broad SMARTS) is 1. The Hall–Kier alpha value is -1.56. The van der Waals surface area contributed by atoms with Gasteiger partial charge in [-0.05, 0) is 32.9 Å². The molecule has 0 aromatic carbocycles. The molecule has 1 aliphatic heterocycles. The fourth-order valence-electron chi connectivity index (χ4n) is 2.34. The van der Waals surface area contributed by atoms with Crippen LogP contribution in [0.3, 0.4) is 0 Å². The molecular weight excluding hydrogens is 246 g/mol. The maximum absolute atomic E-state index is 10.7. The van der Waals surface area contributed by atoms with Crippen LogP contribution in [0, 0.1) is 6.92 Å². The maximum Gasteiger partial charge on any atom is 0.305 e. The second-order valence-corrected chi connectivity index (χ2v) is 4.98. The van der Waals surface area contributed by atoms with E-state index < -0.39 is 5.97 Å². The number of aryl methyl sites for hydroxylation is 1. The van der Waals surface area contributed by atoms with Gasteiger partial charge in [-0.1, -0.05) is 5.16 Å². The molecule has 0 aliphatic carbocycles. The fraction of sp³-hybridized carbons (Fsp3) is 0.692. The first kappa shape index (κ1) is 13.9. The number of aliphatic carboxylic acids is 1. The second kappa shape index (κ2) is 6.56. The Labute approximate surface area is 113 Å². The number of carbonyl (C=O) groups is 1. The Morgan fingerprint density at radius 2 is 2.21 bits per heavy atom. The monoisotopic (exact) mass is 267 g/mol. The highest BCUT2D eigenvalue weighted by atomic mass is 16.5. The largest absolute Gasteiger partial charge is 0.481 e. The first-order chi connectivity index (χ1) is 9.15. The predicted octanol–water partition coefficient (Wildman–Crippen LogP) is 1.36. The van der Waals surface area contributed by atoms with Crippen molar-refractivity contribution in [2.24, 2.45) is 0 Å². The zero-order valence-corrected chi connectivity index (χ0v) is 11.3. The first-order valence-electron chi connectivity index (χ1n) is 6.77. The van der Waals surface area contributed by atoms with E-state index >= 15 is 0 Å². The molecule has 1 aliphatic rings. The summed E-state index contributed by atoms with van der Waals surface area (Å²) < 4.78 is 5.07. The van der Waals surface area contributed by atoms with Crippen molar-refractivity contribution in [2.45, 2.75) is 26.2 Å². The molecular formula is C13H21N3O3. The van der Waals surface area contributed by atoms with E-state index in [1.165, 1.54) is 12.8 Å². The molecule has 0 unspecified atom stereocenters. The number of hydrogen-bond donors (Lipinski definition) is 1. The van der Waals surface area contributed by atoms with Crippen molar-refractivity contribution in [3.63, 3.8) is 0 Å². The molecule has 6 nitrogen and oxygen atoms in total. The van der Waals surface area contributed by atoms with Gasteiger partial charge in [-0.2, -0.15) is 0 Å². The third-order valence-corrected chi connectivity index (χ3v) is 3.42. The summed E-state index contributed by atoms with van der Waals surface area (Å²) in [6, 6.07) is 1.85. The molecule has 2 heterocycles. The zero-order chi connectivity index (χ0) is 13.7. The van der Waals surface area contributed by atoms with E-state index in [0.29, 0.717) is 6.54 Å². The van der Waals surface area contributed by atoms with E-state index in [2.05, 4.69) is 10.1 Å². The summed E-state index contributed by atoms with van der Waals surface area (Å²) in [7, 11) is 0. The molecule has 1 aromatic heterocycles. The smallest absolute Gasteiger partial charge is 0.305 e. The lowest BCUT2D eigenvalue weighted by atomic mass is 10.3. The number of rotatable bonds is 7. The fourth-order valence-corrected chi connectivity index (χ4v) is 2.34. The summed E-state index contributed by atoms with van der Waals surface area (Å²) in [5.41, 5.74) is 0. The lowest BCUT2D eigenvalue weighted by molar-refractivity contribution is -0.136. The molecule has 0 bridgehead atoms. The Morgan fingerprint density at radius 1 is 1.47 bits per heavy atom. The number of hydrogen-bond acceptors (Lipinski definition) is 5. The van der Waals surface area contributed by atoms with Crippen molar-refractivity contribution >= 4 is 11.8 Å². The molecule has 106 valence electrons. The standard InChI is InChI=1S/C13H21N3O3/c1-11-10-12(14-19-11)16(7-4-13(17)18)9-8-15-5-2-3-6-15/h10H,2-9H2,1H3,(H,17,18). The molecule has 1 aromatic rings. The summed E-state index contributed by atoms with van der Waals surface area (Å²) in [6.07, 6.45) is 2.64. The van der Waals surface area contributed by atoms with Gasteiger partial charge in [-0.3, -0.25) is 4.79 Å².